The van der Waals surface area contributed by atoms with Crippen molar-refractivity contribution in [1.82, 2.24) is 0 Å². The second-order valence-corrected chi connectivity index (χ2v) is 3.59. The average molecular weight is 168 g/mol. The maximum absolute atomic E-state index is 10.9. The Morgan fingerprint density at radius 1 is 1.50 bits per heavy atom. The van der Waals surface area contributed by atoms with Crippen LogP contribution in [0.15, 0.2) is 12.7 Å². The molecule has 0 bridgehead atoms. The standard InChI is InChI=1S/C10H16O2/c1-2-3-6-10(12)7-4-9(11)5-8-10/h2,12H,1,3-8H2. The molecule has 0 atom stereocenters. The summed E-state index contributed by atoms with van der Waals surface area (Å²) in [6.45, 7) is 3.61. The van der Waals surface area contributed by atoms with Gasteiger partial charge in [0.1, 0.15) is 5.78 Å². The second-order valence-electron chi connectivity index (χ2n) is 3.59. The Bertz CT molecular complexity index is 169. The molecule has 1 saturated carbocycles. The van der Waals surface area contributed by atoms with Gasteiger partial charge in [-0.3, -0.25) is 4.79 Å². The lowest BCUT2D eigenvalue weighted by Gasteiger charge is -2.30. The Morgan fingerprint density at radius 3 is 2.58 bits per heavy atom. The summed E-state index contributed by atoms with van der Waals surface area (Å²) >= 11 is 0. The van der Waals surface area contributed by atoms with E-state index in [0.29, 0.717) is 31.5 Å². The zero-order valence-corrected chi connectivity index (χ0v) is 7.38. The van der Waals surface area contributed by atoms with Gasteiger partial charge in [-0.2, -0.15) is 0 Å². The predicted molar refractivity (Wildman–Crippen MR) is 47.9 cm³/mol. The molecule has 0 spiro atoms. The normalized spacial score (nSPS) is 22.2. The highest BCUT2D eigenvalue weighted by molar-refractivity contribution is 5.79. The van der Waals surface area contributed by atoms with E-state index in [9.17, 15) is 9.90 Å². The molecule has 0 amide bonds. The summed E-state index contributed by atoms with van der Waals surface area (Å²) in [5.41, 5.74) is -0.581. The number of hydrogen-bond donors (Lipinski definition) is 1. The molecule has 0 aromatic carbocycles. The van der Waals surface area contributed by atoms with Crippen molar-refractivity contribution < 1.29 is 9.90 Å². The van der Waals surface area contributed by atoms with E-state index in [4.69, 9.17) is 0 Å². The predicted octanol–water partition coefficient (Wildman–Crippen LogP) is 1.83. The van der Waals surface area contributed by atoms with Crippen LogP contribution in [0.1, 0.15) is 38.5 Å². The van der Waals surface area contributed by atoms with Gasteiger partial charge in [-0.15, -0.1) is 6.58 Å². The van der Waals surface area contributed by atoms with Crippen molar-refractivity contribution in [2.24, 2.45) is 0 Å². The first-order chi connectivity index (χ1) is 5.66. The molecule has 1 fully saturated rings. The Hall–Kier alpha value is -0.630. The van der Waals surface area contributed by atoms with Gasteiger partial charge in [-0.1, -0.05) is 6.08 Å². The van der Waals surface area contributed by atoms with Gasteiger partial charge < -0.3 is 5.11 Å². The fourth-order valence-electron chi connectivity index (χ4n) is 1.61. The van der Waals surface area contributed by atoms with Crippen LogP contribution in [0, 0.1) is 0 Å². The van der Waals surface area contributed by atoms with E-state index < -0.39 is 5.60 Å². The Kier molecular flexibility index (Phi) is 3.04. The highest BCUT2D eigenvalue weighted by Gasteiger charge is 2.31. The van der Waals surface area contributed by atoms with Crippen LogP contribution < -0.4 is 0 Å². The van der Waals surface area contributed by atoms with Crippen LogP contribution in [-0.2, 0) is 4.79 Å². The summed E-state index contributed by atoms with van der Waals surface area (Å²) in [6, 6.07) is 0. The summed E-state index contributed by atoms with van der Waals surface area (Å²) in [7, 11) is 0. The fourth-order valence-corrected chi connectivity index (χ4v) is 1.61. The van der Waals surface area contributed by atoms with Crippen LogP contribution in [0.5, 0.6) is 0 Å². The van der Waals surface area contributed by atoms with Gasteiger partial charge in [0.15, 0.2) is 0 Å². The quantitative estimate of drug-likeness (QED) is 0.653. The summed E-state index contributed by atoms with van der Waals surface area (Å²) in [5, 5.41) is 9.92. The molecule has 0 unspecified atom stereocenters. The lowest BCUT2D eigenvalue weighted by Crippen LogP contribution is -2.33. The van der Waals surface area contributed by atoms with Gasteiger partial charge >= 0.3 is 0 Å². The largest absolute Gasteiger partial charge is 0.390 e. The third-order valence-corrected chi connectivity index (χ3v) is 2.55. The first-order valence-corrected chi connectivity index (χ1v) is 4.51. The van der Waals surface area contributed by atoms with Crippen LogP contribution in [0.3, 0.4) is 0 Å². The topological polar surface area (TPSA) is 37.3 Å². The Labute approximate surface area is 73.3 Å². The number of ketones is 1. The van der Waals surface area contributed by atoms with Gasteiger partial charge in [0, 0.05) is 12.8 Å². The van der Waals surface area contributed by atoms with E-state index >= 15 is 0 Å². The molecule has 0 aromatic heterocycles. The molecule has 1 rings (SSSR count). The van der Waals surface area contributed by atoms with Crippen molar-refractivity contribution in [3.63, 3.8) is 0 Å². The molecule has 0 aromatic rings. The average Bonchev–Trinajstić information content (AvgIpc) is 2.08. The molecule has 12 heavy (non-hydrogen) atoms. The minimum atomic E-state index is -0.581. The van der Waals surface area contributed by atoms with Crippen molar-refractivity contribution in [3.8, 4) is 0 Å². The van der Waals surface area contributed by atoms with E-state index in [1.165, 1.54) is 0 Å². The smallest absolute Gasteiger partial charge is 0.133 e. The first-order valence-electron chi connectivity index (χ1n) is 4.51. The molecule has 0 heterocycles. The van der Waals surface area contributed by atoms with E-state index in [2.05, 4.69) is 6.58 Å². The molecular weight excluding hydrogens is 152 g/mol. The van der Waals surface area contributed by atoms with Crippen molar-refractivity contribution in [2.45, 2.75) is 44.1 Å². The van der Waals surface area contributed by atoms with Crippen LogP contribution in [0.25, 0.3) is 0 Å². The van der Waals surface area contributed by atoms with E-state index in [1.807, 2.05) is 6.08 Å². The molecule has 1 aliphatic rings. The summed E-state index contributed by atoms with van der Waals surface area (Å²) < 4.78 is 0. The Balaban J connectivity index is 2.38. The number of carbonyl (C=O) groups is 1. The van der Waals surface area contributed by atoms with Gasteiger partial charge in [0.2, 0.25) is 0 Å². The summed E-state index contributed by atoms with van der Waals surface area (Å²) in [4.78, 5) is 10.9. The third kappa shape index (κ3) is 2.45. The first kappa shape index (κ1) is 9.46. The lowest BCUT2D eigenvalue weighted by molar-refractivity contribution is -0.125. The van der Waals surface area contributed by atoms with E-state index in [-0.39, 0.29) is 0 Å². The number of hydrogen-bond acceptors (Lipinski definition) is 2. The van der Waals surface area contributed by atoms with Gasteiger partial charge in [0.25, 0.3) is 0 Å². The molecule has 68 valence electrons. The monoisotopic (exact) mass is 168 g/mol. The van der Waals surface area contributed by atoms with Crippen LogP contribution in [0.4, 0.5) is 0 Å². The highest BCUT2D eigenvalue weighted by atomic mass is 16.3. The molecule has 2 nitrogen and oxygen atoms in total. The molecule has 0 aliphatic heterocycles. The highest BCUT2D eigenvalue weighted by Crippen LogP contribution is 2.30. The minimum Gasteiger partial charge on any atom is -0.390 e. The molecular formula is C10H16O2. The summed E-state index contributed by atoms with van der Waals surface area (Å²) in [5.74, 6) is 0.290. The number of rotatable bonds is 3. The number of aliphatic hydroxyl groups is 1. The number of carbonyl (C=O) groups excluding carboxylic acids is 1. The fraction of sp³-hybridized carbons (Fsp3) is 0.700. The van der Waals surface area contributed by atoms with Gasteiger partial charge in [-0.25, -0.2) is 0 Å². The molecule has 0 saturated heterocycles. The van der Waals surface area contributed by atoms with Gasteiger partial charge in [0.05, 0.1) is 5.60 Å². The molecule has 2 heteroatoms. The van der Waals surface area contributed by atoms with Crippen molar-refractivity contribution in [2.75, 3.05) is 0 Å². The SMILES string of the molecule is C=CCCC1(O)CCC(=O)CC1. The van der Waals surface area contributed by atoms with Crippen LogP contribution in [-0.4, -0.2) is 16.5 Å². The molecule has 1 N–H and O–H groups in total. The lowest BCUT2D eigenvalue weighted by atomic mass is 9.81. The second kappa shape index (κ2) is 3.85. The third-order valence-electron chi connectivity index (χ3n) is 2.55. The minimum absolute atomic E-state index is 0.290. The zero-order valence-electron chi connectivity index (χ0n) is 7.38. The maximum atomic E-state index is 10.9. The summed E-state index contributed by atoms with van der Waals surface area (Å²) in [6.07, 6.45) is 5.78. The number of Topliss-reactive ketones (excluding diaryl/α,β-unsaturated/α-hetero) is 1. The van der Waals surface area contributed by atoms with Crippen LogP contribution >= 0.6 is 0 Å². The van der Waals surface area contributed by atoms with Crippen LogP contribution in [0.2, 0.25) is 0 Å². The number of allylic oxidation sites excluding steroid dienone is 1. The van der Waals surface area contributed by atoms with Crippen molar-refractivity contribution >= 4 is 5.78 Å². The van der Waals surface area contributed by atoms with Gasteiger partial charge in [-0.05, 0) is 25.7 Å². The van der Waals surface area contributed by atoms with E-state index in [0.717, 1.165) is 12.8 Å². The maximum Gasteiger partial charge on any atom is 0.133 e. The molecule has 1 aliphatic carbocycles. The van der Waals surface area contributed by atoms with Crippen molar-refractivity contribution in [1.29, 1.82) is 0 Å². The molecule has 0 radical (unpaired) electrons. The van der Waals surface area contributed by atoms with Crippen molar-refractivity contribution in [3.05, 3.63) is 12.7 Å². The zero-order chi connectivity index (χ0) is 9.03. The Morgan fingerprint density at radius 2 is 2.08 bits per heavy atom. The van der Waals surface area contributed by atoms with E-state index in [1.54, 1.807) is 0 Å².